The van der Waals surface area contributed by atoms with Gasteiger partial charge in [-0.05, 0) is 59.7 Å². The van der Waals surface area contributed by atoms with Crippen molar-refractivity contribution in [3.63, 3.8) is 0 Å². The van der Waals surface area contributed by atoms with E-state index in [9.17, 15) is 19.0 Å². The van der Waals surface area contributed by atoms with Crippen molar-refractivity contribution in [1.82, 2.24) is 0 Å². The van der Waals surface area contributed by atoms with E-state index in [1.807, 2.05) is 60.7 Å². The van der Waals surface area contributed by atoms with Gasteiger partial charge >= 0.3 is 19.8 Å². The number of phosphoric ester groups is 1. The van der Waals surface area contributed by atoms with E-state index in [0.717, 1.165) is 11.1 Å². The van der Waals surface area contributed by atoms with Crippen molar-refractivity contribution < 1.29 is 37.6 Å². The Bertz CT molecular complexity index is 1270. The van der Waals surface area contributed by atoms with Crippen LogP contribution in [0.15, 0.2) is 109 Å². The molecule has 0 saturated heterocycles. The number of phosphoric acid groups is 1. The van der Waals surface area contributed by atoms with Crippen molar-refractivity contribution >= 4 is 19.8 Å². The Morgan fingerprint density at radius 3 is 1.27 bits per heavy atom. The molecule has 8 nitrogen and oxygen atoms in total. The summed E-state index contributed by atoms with van der Waals surface area (Å²) in [5.74, 6) is -1.04. The lowest BCUT2D eigenvalue weighted by Crippen LogP contribution is -2.06. The Balaban J connectivity index is 1.28. The molecule has 0 heterocycles. The van der Waals surface area contributed by atoms with Gasteiger partial charge in [0.2, 0.25) is 0 Å². The maximum Gasteiger partial charge on any atom is 0.584 e. The summed E-state index contributed by atoms with van der Waals surface area (Å²) >= 11 is 0. The monoisotopic (exact) mass is 518 g/mol. The van der Waals surface area contributed by atoms with Crippen LogP contribution in [0.25, 0.3) is 0 Å². The lowest BCUT2D eigenvalue weighted by atomic mass is 10.2. The van der Waals surface area contributed by atoms with Gasteiger partial charge < -0.3 is 18.5 Å². The Morgan fingerprint density at radius 1 is 0.568 bits per heavy atom. The van der Waals surface area contributed by atoms with Gasteiger partial charge in [-0.25, -0.2) is 14.2 Å². The summed E-state index contributed by atoms with van der Waals surface area (Å²) in [5, 5.41) is 0. The molecular formula is C28H23O8P. The van der Waals surface area contributed by atoms with Gasteiger partial charge in [-0.1, -0.05) is 60.7 Å². The van der Waals surface area contributed by atoms with Crippen LogP contribution in [0.2, 0.25) is 0 Å². The van der Waals surface area contributed by atoms with Crippen LogP contribution in [0.3, 0.4) is 0 Å². The van der Waals surface area contributed by atoms with Crippen molar-refractivity contribution in [3.05, 3.63) is 131 Å². The highest BCUT2D eigenvalue weighted by Gasteiger charge is 2.25. The molecule has 0 atom stereocenters. The van der Waals surface area contributed by atoms with Gasteiger partial charge in [-0.3, -0.25) is 4.89 Å². The standard InChI is InChI=1S/C28H23O8P/c29-27(33-19-21-7-3-1-4-8-21)23-11-15-25(16-12-23)35-37(31,32)36-26-17-13-24(14-18-26)28(30)34-20-22-9-5-2-6-10-22/h1-18H,19-20H2,(H,31,32). The number of hydrogen-bond donors (Lipinski definition) is 1. The van der Waals surface area contributed by atoms with Gasteiger partial charge in [0.1, 0.15) is 24.7 Å². The van der Waals surface area contributed by atoms with Crippen molar-refractivity contribution in [1.29, 1.82) is 0 Å². The zero-order chi connectivity index (χ0) is 26.1. The predicted octanol–water partition coefficient (Wildman–Crippen LogP) is 5.96. The van der Waals surface area contributed by atoms with E-state index in [-0.39, 0.29) is 35.8 Å². The Labute approximate surface area is 213 Å². The smallest absolute Gasteiger partial charge is 0.457 e. The fourth-order valence-electron chi connectivity index (χ4n) is 3.20. The number of esters is 2. The lowest BCUT2D eigenvalue weighted by molar-refractivity contribution is 0.0464. The fraction of sp³-hybridized carbons (Fsp3) is 0.0714. The van der Waals surface area contributed by atoms with E-state index in [2.05, 4.69) is 0 Å². The maximum absolute atomic E-state index is 12.4. The summed E-state index contributed by atoms with van der Waals surface area (Å²) in [6, 6.07) is 29.6. The average molecular weight is 518 g/mol. The summed E-state index contributed by atoms with van der Waals surface area (Å²) < 4.78 is 33.1. The minimum absolute atomic E-state index is 0.0200. The molecule has 0 unspecified atom stereocenters. The molecule has 9 heteroatoms. The van der Waals surface area contributed by atoms with Crippen molar-refractivity contribution in [2.75, 3.05) is 0 Å². The zero-order valence-corrected chi connectivity index (χ0v) is 20.5. The van der Waals surface area contributed by atoms with Crippen LogP contribution in [-0.2, 0) is 27.3 Å². The molecule has 0 fully saturated rings. The summed E-state index contributed by atoms with van der Waals surface area (Å²) in [5.41, 5.74) is 2.22. The van der Waals surface area contributed by atoms with Gasteiger partial charge in [-0.2, -0.15) is 0 Å². The van der Waals surface area contributed by atoms with E-state index in [1.54, 1.807) is 0 Å². The summed E-state index contributed by atoms with van der Waals surface area (Å²) in [4.78, 5) is 34.6. The van der Waals surface area contributed by atoms with E-state index >= 15 is 0 Å². The average Bonchev–Trinajstić information content (AvgIpc) is 2.92. The topological polar surface area (TPSA) is 108 Å². The second-order valence-corrected chi connectivity index (χ2v) is 9.13. The van der Waals surface area contributed by atoms with Crippen LogP contribution >= 0.6 is 7.82 Å². The summed E-state index contributed by atoms with van der Waals surface area (Å²) in [6.45, 7) is 0.252. The van der Waals surface area contributed by atoms with E-state index in [0.29, 0.717) is 0 Å². The molecule has 188 valence electrons. The number of carbonyl (C=O) groups excluding carboxylic acids is 2. The molecule has 0 aliphatic rings. The number of hydrogen-bond acceptors (Lipinski definition) is 7. The van der Waals surface area contributed by atoms with E-state index in [4.69, 9.17) is 18.5 Å². The molecule has 0 radical (unpaired) electrons. The Kier molecular flexibility index (Phi) is 8.36. The lowest BCUT2D eigenvalue weighted by Gasteiger charge is -2.14. The minimum atomic E-state index is -4.55. The largest absolute Gasteiger partial charge is 0.584 e. The molecule has 37 heavy (non-hydrogen) atoms. The maximum atomic E-state index is 12.4. The number of rotatable bonds is 10. The van der Waals surface area contributed by atoms with Crippen LogP contribution in [0.1, 0.15) is 31.8 Å². The number of benzene rings is 4. The van der Waals surface area contributed by atoms with Crippen LogP contribution in [0, 0.1) is 0 Å². The zero-order valence-electron chi connectivity index (χ0n) is 19.6. The predicted molar refractivity (Wildman–Crippen MR) is 135 cm³/mol. The molecule has 0 aliphatic carbocycles. The molecule has 0 bridgehead atoms. The highest BCUT2D eigenvalue weighted by Crippen LogP contribution is 2.44. The Hall–Kier alpha value is -4.39. The molecule has 4 rings (SSSR count). The first kappa shape index (κ1) is 25.7. The molecule has 0 aromatic heterocycles. The molecule has 0 amide bonds. The molecule has 1 N–H and O–H groups in total. The third-order valence-electron chi connectivity index (χ3n) is 5.05. The highest BCUT2D eigenvalue weighted by molar-refractivity contribution is 7.48. The van der Waals surface area contributed by atoms with Crippen molar-refractivity contribution in [2.45, 2.75) is 13.2 Å². The van der Waals surface area contributed by atoms with Crippen LogP contribution in [0.5, 0.6) is 11.5 Å². The second kappa shape index (κ2) is 12.0. The number of ether oxygens (including phenoxy) is 2. The van der Waals surface area contributed by atoms with Gasteiger partial charge in [0.25, 0.3) is 0 Å². The third-order valence-corrected chi connectivity index (χ3v) is 5.93. The van der Waals surface area contributed by atoms with Gasteiger partial charge in [0, 0.05) is 0 Å². The SMILES string of the molecule is O=C(OCc1ccccc1)c1ccc(OP(=O)(O)Oc2ccc(C(=O)OCc3ccccc3)cc2)cc1. The molecule has 0 spiro atoms. The minimum Gasteiger partial charge on any atom is -0.457 e. The van der Waals surface area contributed by atoms with Gasteiger partial charge in [0.05, 0.1) is 11.1 Å². The third kappa shape index (κ3) is 7.80. The molecule has 4 aromatic carbocycles. The molecule has 4 aromatic rings. The van der Waals surface area contributed by atoms with Crippen molar-refractivity contribution in [2.24, 2.45) is 0 Å². The van der Waals surface area contributed by atoms with Crippen LogP contribution in [-0.4, -0.2) is 16.8 Å². The molecule has 0 saturated carbocycles. The highest BCUT2D eigenvalue weighted by atomic mass is 31.2. The first-order valence-corrected chi connectivity index (χ1v) is 12.7. The summed E-state index contributed by atoms with van der Waals surface area (Å²) in [6.07, 6.45) is 0. The van der Waals surface area contributed by atoms with Gasteiger partial charge in [-0.15, -0.1) is 0 Å². The van der Waals surface area contributed by atoms with E-state index in [1.165, 1.54) is 48.5 Å². The van der Waals surface area contributed by atoms with Crippen molar-refractivity contribution in [3.8, 4) is 11.5 Å². The quantitative estimate of drug-likeness (QED) is 0.202. The second-order valence-electron chi connectivity index (χ2n) is 7.82. The normalized spacial score (nSPS) is 10.8. The first-order valence-electron chi connectivity index (χ1n) is 11.2. The molecular weight excluding hydrogens is 495 g/mol. The van der Waals surface area contributed by atoms with Crippen LogP contribution < -0.4 is 9.05 Å². The number of carbonyl (C=O) groups is 2. The van der Waals surface area contributed by atoms with E-state index < -0.39 is 19.8 Å². The molecule has 0 aliphatic heterocycles. The van der Waals surface area contributed by atoms with Crippen LogP contribution in [0.4, 0.5) is 0 Å². The fourth-order valence-corrected chi connectivity index (χ4v) is 4.02. The van der Waals surface area contributed by atoms with Gasteiger partial charge in [0.15, 0.2) is 0 Å². The Morgan fingerprint density at radius 2 is 0.919 bits per heavy atom. The first-order chi connectivity index (χ1) is 17.9. The summed E-state index contributed by atoms with van der Waals surface area (Å²) in [7, 11) is -4.55.